The minimum Gasteiger partial charge on any atom is -0.346 e. The van der Waals surface area contributed by atoms with Crippen molar-refractivity contribution >= 4 is 5.91 Å². The standard InChI is InChI=1S/C12H24N2O/c1-6-7-10(4)11(15)14-12(5,8-13)9(2)3/h7,9H,6,8,13H2,1-5H3,(H,14,15)/b10-7-. The molecule has 0 rings (SSSR count). The predicted octanol–water partition coefficient (Wildman–Crippen LogP) is 1.83. The molecule has 0 aliphatic rings. The molecule has 0 bridgehead atoms. The van der Waals surface area contributed by atoms with Gasteiger partial charge in [-0.3, -0.25) is 4.79 Å². The van der Waals surface area contributed by atoms with Crippen molar-refractivity contribution in [2.75, 3.05) is 6.54 Å². The van der Waals surface area contributed by atoms with Gasteiger partial charge < -0.3 is 11.1 Å². The van der Waals surface area contributed by atoms with Gasteiger partial charge in [0.15, 0.2) is 0 Å². The van der Waals surface area contributed by atoms with Crippen LogP contribution in [0.3, 0.4) is 0 Å². The summed E-state index contributed by atoms with van der Waals surface area (Å²) in [6.45, 7) is 10.4. The Balaban J connectivity index is 4.57. The SMILES string of the molecule is CC/C=C(/C)C(=O)NC(C)(CN)C(C)C. The van der Waals surface area contributed by atoms with Crippen LogP contribution in [-0.2, 0) is 4.79 Å². The topological polar surface area (TPSA) is 55.1 Å². The summed E-state index contributed by atoms with van der Waals surface area (Å²) in [6, 6.07) is 0. The number of nitrogens with two attached hydrogens (primary N) is 1. The molecule has 15 heavy (non-hydrogen) atoms. The van der Waals surface area contributed by atoms with Crippen molar-refractivity contribution in [2.24, 2.45) is 11.7 Å². The Morgan fingerprint density at radius 2 is 2.07 bits per heavy atom. The molecule has 0 fully saturated rings. The number of allylic oxidation sites excluding steroid dienone is 1. The largest absolute Gasteiger partial charge is 0.346 e. The first-order valence-corrected chi connectivity index (χ1v) is 5.56. The van der Waals surface area contributed by atoms with Crippen molar-refractivity contribution < 1.29 is 4.79 Å². The molecule has 0 saturated heterocycles. The monoisotopic (exact) mass is 212 g/mol. The highest BCUT2D eigenvalue weighted by molar-refractivity contribution is 5.93. The zero-order valence-corrected chi connectivity index (χ0v) is 10.6. The van der Waals surface area contributed by atoms with E-state index in [9.17, 15) is 4.79 Å². The molecule has 0 aromatic heterocycles. The van der Waals surface area contributed by atoms with Gasteiger partial charge in [0, 0.05) is 12.1 Å². The van der Waals surface area contributed by atoms with Gasteiger partial charge in [-0.05, 0) is 26.2 Å². The van der Waals surface area contributed by atoms with Gasteiger partial charge in [0.2, 0.25) is 5.91 Å². The summed E-state index contributed by atoms with van der Waals surface area (Å²) in [4.78, 5) is 11.8. The molecule has 1 atom stereocenters. The normalized spacial score (nSPS) is 16.3. The maximum absolute atomic E-state index is 11.8. The molecule has 0 spiro atoms. The molecule has 3 heteroatoms. The fourth-order valence-corrected chi connectivity index (χ4v) is 1.19. The molecule has 1 unspecified atom stereocenters. The van der Waals surface area contributed by atoms with Crippen LogP contribution < -0.4 is 11.1 Å². The lowest BCUT2D eigenvalue weighted by Gasteiger charge is -2.33. The zero-order chi connectivity index (χ0) is 12.1. The molecule has 0 aliphatic carbocycles. The first kappa shape index (κ1) is 14.2. The predicted molar refractivity (Wildman–Crippen MR) is 64.5 cm³/mol. The van der Waals surface area contributed by atoms with E-state index in [1.807, 2.05) is 26.8 Å². The summed E-state index contributed by atoms with van der Waals surface area (Å²) in [5.41, 5.74) is 6.14. The highest BCUT2D eigenvalue weighted by Crippen LogP contribution is 2.15. The van der Waals surface area contributed by atoms with Gasteiger partial charge in [-0.1, -0.05) is 26.8 Å². The molecule has 0 aliphatic heterocycles. The van der Waals surface area contributed by atoms with E-state index in [-0.39, 0.29) is 11.4 Å². The van der Waals surface area contributed by atoms with Gasteiger partial charge >= 0.3 is 0 Å². The maximum atomic E-state index is 11.8. The van der Waals surface area contributed by atoms with E-state index in [1.165, 1.54) is 0 Å². The molecular weight excluding hydrogens is 188 g/mol. The van der Waals surface area contributed by atoms with E-state index >= 15 is 0 Å². The third kappa shape index (κ3) is 4.04. The van der Waals surface area contributed by atoms with E-state index < -0.39 is 0 Å². The summed E-state index contributed by atoms with van der Waals surface area (Å²) in [7, 11) is 0. The number of amides is 1. The highest BCUT2D eigenvalue weighted by Gasteiger charge is 2.28. The average Bonchev–Trinajstić information content (AvgIpc) is 2.17. The van der Waals surface area contributed by atoms with Crippen LogP contribution >= 0.6 is 0 Å². The first-order chi connectivity index (χ1) is 6.87. The van der Waals surface area contributed by atoms with Crippen LogP contribution in [0.5, 0.6) is 0 Å². The molecule has 0 radical (unpaired) electrons. The Morgan fingerprint density at radius 3 is 2.40 bits per heavy atom. The summed E-state index contributed by atoms with van der Waals surface area (Å²) in [5.74, 6) is 0.305. The van der Waals surface area contributed by atoms with Crippen molar-refractivity contribution in [1.82, 2.24) is 5.32 Å². The minimum atomic E-state index is -0.320. The second kappa shape index (κ2) is 5.91. The van der Waals surface area contributed by atoms with Crippen LogP contribution in [0, 0.1) is 5.92 Å². The summed E-state index contributed by atoms with van der Waals surface area (Å²) >= 11 is 0. The number of rotatable bonds is 5. The van der Waals surface area contributed by atoms with Crippen molar-refractivity contribution in [3.05, 3.63) is 11.6 Å². The molecule has 1 amide bonds. The van der Waals surface area contributed by atoms with Gasteiger partial charge in [0.05, 0.1) is 5.54 Å². The van der Waals surface area contributed by atoms with E-state index in [4.69, 9.17) is 5.73 Å². The molecule has 0 aromatic carbocycles. The Labute approximate surface area is 93.1 Å². The molecule has 0 saturated carbocycles. The fraction of sp³-hybridized carbons (Fsp3) is 0.750. The quantitative estimate of drug-likeness (QED) is 0.683. The van der Waals surface area contributed by atoms with Gasteiger partial charge in [-0.25, -0.2) is 0 Å². The number of carbonyl (C=O) groups is 1. The number of carbonyl (C=O) groups excluding carboxylic acids is 1. The summed E-state index contributed by atoms with van der Waals surface area (Å²) in [5, 5.41) is 2.99. The Morgan fingerprint density at radius 1 is 1.53 bits per heavy atom. The van der Waals surface area contributed by atoms with Gasteiger partial charge in [-0.2, -0.15) is 0 Å². The van der Waals surface area contributed by atoms with Crippen molar-refractivity contribution in [2.45, 2.75) is 46.6 Å². The van der Waals surface area contributed by atoms with Crippen LogP contribution in [0.1, 0.15) is 41.0 Å². The van der Waals surface area contributed by atoms with Gasteiger partial charge in [0.25, 0.3) is 0 Å². The van der Waals surface area contributed by atoms with E-state index in [0.717, 1.165) is 12.0 Å². The Bertz CT molecular complexity index is 246. The van der Waals surface area contributed by atoms with Crippen LogP contribution in [0.25, 0.3) is 0 Å². The van der Waals surface area contributed by atoms with Gasteiger partial charge in [-0.15, -0.1) is 0 Å². The van der Waals surface area contributed by atoms with Crippen molar-refractivity contribution in [3.63, 3.8) is 0 Å². The lowest BCUT2D eigenvalue weighted by molar-refractivity contribution is -0.119. The van der Waals surface area contributed by atoms with E-state index in [0.29, 0.717) is 12.5 Å². The van der Waals surface area contributed by atoms with Crippen LogP contribution in [-0.4, -0.2) is 18.0 Å². The van der Waals surface area contributed by atoms with Crippen LogP contribution in [0.4, 0.5) is 0 Å². The maximum Gasteiger partial charge on any atom is 0.247 e. The third-order valence-corrected chi connectivity index (χ3v) is 2.97. The number of nitrogens with one attached hydrogen (secondary N) is 1. The molecule has 88 valence electrons. The van der Waals surface area contributed by atoms with Crippen LogP contribution in [0.2, 0.25) is 0 Å². The molecule has 3 nitrogen and oxygen atoms in total. The second-order valence-electron chi connectivity index (χ2n) is 4.53. The van der Waals surface area contributed by atoms with Crippen LogP contribution in [0.15, 0.2) is 11.6 Å². The summed E-state index contributed by atoms with van der Waals surface area (Å²) in [6.07, 6.45) is 2.80. The lowest BCUT2D eigenvalue weighted by Crippen LogP contribution is -2.55. The third-order valence-electron chi connectivity index (χ3n) is 2.97. The zero-order valence-electron chi connectivity index (χ0n) is 10.6. The Hall–Kier alpha value is -0.830. The van der Waals surface area contributed by atoms with E-state index in [2.05, 4.69) is 19.2 Å². The van der Waals surface area contributed by atoms with Gasteiger partial charge in [0.1, 0.15) is 0 Å². The van der Waals surface area contributed by atoms with Crippen molar-refractivity contribution in [3.8, 4) is 0 Å². The summed E-state index contributed by atoms with van der Waals surface area (Å²) < 4.78 is 0. The Kier molecular flexibility index (Phi) is 5.58. The second-order valence-corrected chi connectivity index (χ2v) is 4.53. The molecule has 3 N–H and O–H groups in total. The van der Waals surface area contributed by atoms with Crippen molar-refractivity contribution in [1.29, 1.82) is 0 Å². The molecule has 0 heterocycles. The average molecular weight is 212 g/mol. The van der Waals surface area contributed by atoms with E-state index in [1.54, 1.807) is 0 Å². The number of hydrogen-bond acceptors (Lipinski definition) is 2. The first-order valence-electron chi connectivity index (χ1n) is 5.56. The molecule has 0 aromatic rings. The number of hydrogen-bond donors (Lipinski definition) is 2. The smallest absolute Gasteiger partial charge is 0.247 e. The minimum absolute atomic E-state index is 0.0153. The fourth-order valence-electron chi connectivity index (χ4n) is 1.19. The highest BCUT2D eigenvalue weighted by atomic mass is 16.1. The lowest BCUT2D eigenvalue weighted by atomic mass is 9.88. The molecular formula is C12H24N2O.